The molecule has 2 aromatic carbocycles. The molecule has 0 aliphatic carbocycles. The van der Waals surface area contributed by atoms with Crippen LogP contribution in [-0.2, 0) is 6.54 Å². The van der Waals surface area contributed by atoms with Gasteiger partial charge in [-0.25, -0.2) is 4.39 Å². The molecule has 3 heteroatoms. The van der Waals surface area contributed by atoms with Crippen LogP contribution in [0.5, 0.6) is 0 Å². The highest BCUT2D eigenvalue weighted by molar-refractivity contribution is 9.10. The lowest BCUT2D eigenvalue weighted by Gasteiger charge is -2.12. The molecule has 0 atom stereocenters. The minimum atomic E-state index is -0.243. The van der Waals surface area contributed by atoms with E-state index in [1.807, 2.05) is 19.1 Å². The SMILES string of the molecule is Cc1ccccc1CNc1cc(F)c(Br)cc1C. The van der Waals surface area contributed by atoms with Gasteiger partial charge in [-0.15, -0.1) is 0 Å². The first kappa shape index (κ1) is 13.1. The smallest absolute Gasteiger partial charge is 0.139 e. The van der Waals surface area contributed by atoms with Crippen molar-refractivity contribution >= 4 is 21.6 Å². The van der Waals surface area contributed by atoms with Crippen molar-refractivity contribution in [3.8, 4) is 0 Å². The van der Waals surface area contributed by atoms with Crippen LogP contribution in [-0.4, -0.2) is 0 Å². The van der Waals surface area contributed by atoms with Crippen molar-refractivity contribution in [2.75, 3.05) is 5.32 Å². The molecule has 0 saturated heterocycles. The summed E-state index contributed by atoms with van der Waals surface area (Å²) in [6.45, 7) is 4.74. The molecule has 0 heterocycles. The van der Waals surface area contributed by atoms with Gasteiger partial charge in [0.1, 0.15) is 5.82 Å². The summed E-state index contributed by atoms with van der Waals surface area (Å²) in [6.07, 6.45) is 0. The van der Waals surface area contributed by atoms with E-state index < -0.39 is 0 Å². The molecule has 0 amide bonds. The lowest BCUT2D eigenvalue weighted by Crippen LogP contribution is -2.03. The largest absolute Gasteiger partial charge is 0.381 e. The van der Waals surface area contributed by atoms with Gasteiger partial charge in [-0.1, -0.05) is 24.3 Å². The molecule has 0 aliphatic rings. The number of rotatable bonds is 3. The van der Waals surface area contributed by atoms with Crippen molar-refractivity contribution < 1.29 is 4.39 Å². The molecule has 94 valence electrons. The third kappa shape index (κ3) is 2.91. The van der Waals surface area contributed by atoms with Crippen LogP contribution in [0, 0.1) is 19.7 Å². The Morgan fingerprint density at radius 3 is 2.56 bits per heavy atom. The van der Waals surface area contributed by atoms with Crippen LogP contribution in [0.15, 0.2) is 40.9 Å². The molecule has 0 radical (unpaired) electrons. The number of aryl methyl sites for hydroxylation is 2. The molecule has 0 spiro atoms. The lowest BCUT2D eigenvalue weighted by molar-refractivity contribution is 0.621. The second-order valence-corrected chi connectivity index (χ2v) is 5.22. The first-order valence-corrected chi connectivity index (χ1v) is 6.61. The van der Waals surface area contributed by atoms with Gasteiger partial charge in [-0.2, -0.15) is 0 Å². The fourth-order valence-corrected chi connectivity index (χ4v) is 2.29. The number of benzene rings is 2. The molecule has 0 unspecified atom stereocenters. The standard InChI is InChI=1S/C15H15BrFN/c1-10-5-3-4-6-12(10)9-18-15-8-14(17)13(16)7-11(15)2/h3-8,18H,9H2,1-2H3. The quantitative estimate of drug-likeness (QED) is 0.857. The van der Waals surface area contributed by atoms with Crippen LogP contribution in [0.25, 0.3) is 0 Å². The summed E-state index contributed by atoms with van der Waals surface area (Å²) >= 11 is 3.19. The Bertz CT molecular complexity index is 566. The summed E-state index contributed by atoms with van der Waals surface area (Å²) < 4.78 is 14.0. The van der Waals surface area contributed by atoms with Crippen molar-refractivity contribution in [1.29, 1.82) is 0 Å². The maximum absolute atomic E-state index is 13.5. The number of hydrogen-bond acceptors (Lipinski definition) is 1. The Hall–Kier alpha value is -1.35. The molecular formula is C15H15BrFN. The number of nitrogens with one attached hydrogen (secondary N) is 1. The van der Waals surface area contributed by atoms with Crippen molar-refractivity contribution in [2.24, 2.45) is 0 Å². The summed E-state index contributed by atoms with van der Waals surface area (Å²) in [7, 11) is 0. The minimum absolute atomic E-state index is 0.243. The summed E-state index contributed by atoms with van der Waals surface area (Å²) in [4.78, 5) is 0. The average Bonchev–Trinajstić information content (AvgIpc) is 2.34. The Labute approximate surface area is 115 Å². The van der Waals surface area contributed by atoms with Crippen LogP contribution in [0.1, 0.15) is 16.7 Å². The summed E-state index contributed by atoms with van der Waals surface area (Å²) in [5.41, 5.74) is 4.32. The molecule has 2 rings (SSSR count). The highest BCUT2D eigenvalue weighted by Gasteiger charge is 2.05. The fourth-order valence-electron chi connectivity index (χ4n) is 1.84. The van der Waals surface area contributed by atoms with Crippen LogP contribution >= 0.6 is 15.9 Å². The number of halogens is 2. The first-order chi connectivity index (χ1) is 8.58. The van der Waals surface area contributed by atoms with Crippen LogP contribution < -0.4 is 5.32 Å². The van der Waals surface area contributed by atoms with E-state index in [-0.39, 0.29) is 5.82 Å². The first-order valence-electron chi connectivity index (χ1n) is 5.82. The van der Waals surface area contributed by atoms with Gasteiger partial charge in [0, 0.05) is 12.2 Å². The van der Waals surface area contributed by atoms with E-state index in [4.69, 9.17) is 0 Å². The molecule has 0 aliphatic heterocycles. The predicted octanol–water partition coefficient (Wildman–Crippen LogP) is 4.82. The van der Waals surface area contributed by atoms with Crippen molar-refractivity contribution in [1.82, 2.24) is 0 Å². The minimum Gasteiger partial charge on any atom is -0.381 e. The van der Waals surface area contributed by atoms with Gasteiger partial charge in [0.05, 0.1) is 4.47 Å². The lowest BCUT2D eigenvalue weighted by atomic mass is 10.1. The molecule has 1 nitrogen and oxygen atoms in total. The van der Waals surface area contributed by atoms with Crippen molar-refractivity contribution in [3.05, 3.63) is 63.4 Å². The van der Waals surface area contributed by atoms with E-state index in [0.717, 1.165) is 11.3 Å². The van der Waals surface area contributed by atoms with Crippen LogP contribution in [0.2, 0.25) is 0 Å². The monoisotopic (exact) mass is 307 g/mol. The highest BCUT2D eigenvalue weighted by atomic mass is 79.9. The molecule has 0 aromatic heterocycles. The zero-order chi connectivity index (χ0) is 13.1. The maximum atomic E-state index is 13.5. The second kappa shape index (κ2) is 5.53. The van der Waals surface area contributed by atoms with Gasteiger partial charge >= 0.3 is 0 Å². The fraction of sp³-hybridized carbons (Fsp3) is 0.200. The third-order valence-corrected chi connectivity index (χ3v) is 3.61. The van der Waals surface area contributed by atoms with Crippen molar-refractivity contribution in [2.45, 2.75) is 20.4 Å². The predicted molar refractivity (Wildman–Crippen MR) is 77.3 cm³/mol. The zero-order valence-electron chi connectivity index (χ0n) is 10.4. The Balaban J connectivity index is 2.16. The van der Waals surface area contributed by atoms with Gasteiger partial charge in [-0.05, 0) is 58.6 Å². The highest BCUT2D eigenvalue weighted by Crippen LogP contribution is 2.24. The molecule has 18 heavy (non-hydrogen) atoms. The van der Waals surface area contributed by atoms with Crippen molar-refractivity contribution in [3.63, 3.8) is 0 Å². The number of hydrogen-bond donors (Lipinski definition) is 1. The van der Waals surface area contributed by atoms with Gasteiger partial charge in [0.2, 0.25) is 0 Å². The normalized spacial score (nSPS) is 10.4. The molecular weight excluding hydrogens is 293 g/mol. The van der Waals surface area contributed by atoms with E-state index in [2.05, 4.69) is 40.3 Å². The molecule has 2 aromatic rings. The van der Waals surface area contributed by atoms with Crippen LogP contribution in [0.4, 0.5) is 10.1 Å². The van der Waals surface area contributed by atoms with Gasteiger partial charge < -0.3 is 5.32 Å². The zero-order valence-corrected chi connectivity index (χ0v) is 12.0. The molecule has 1 N–H and O–H groups in total. The van der Waals surface area contributed by atoms with E-state index in [0.29, 0.717) is 11.0 Å². The summed E-state index contributed by atoms with van der Waals surface area (Å²) in [5, 5.41) is 3.28. The molecule has 0 saturated carbocycles. The maximum Gasteiger partial charge on any atom is 0.139 e. The molecule has 0 bridgehead atoms. The average molecular weight is 308 g/mol. The van der Waals surface area contributed by atoms with E-state index >= 15 is 0 Å². The third-order valence-electron chi connectivity index (χ3n) is 3.00. The Kier molecular flexibility index (Phi) is 4.02. The van der Waals surface area contributed by atoms with E-state index in [1.165, 1.54) is 17.2 Å². The van der Waals surface area contributed by atoms with Gasteiger partial charge in [-0.3, -0.25) is 0 Å². The topological polar surface area (TPSA) is 12.0 Å². The second-order valence-electron chi connectivity index (χ2n) is 4.36. The summed E-state index contributed by atoms with van der Waals surface area (Å²) in [6, 6.07) is 11.5. The molecule has 0 fully saturated rings. The summed E-state index contributed by atoms with van der Waals surface area (Å²) in [5.74, 6) is -0.243. The Morgan fingerprint density at radius 2 is 1.83 bits per heavy atom. The number of anilines is 1. The Morgan fingerprint density at radius 1 is 1.11 bits per heavy atom. The van der Waals surface area contributed by atoms with Gasteiger partial charge in [0.25, 0.3) is 0 Å². The van der Waals surface area contributed by atoms with E-state index in [1.54, 1.807) is 6.07 Å². The van der Waals surface area contributed by atoms with E-state index in [9.17, 15) is 4.39 Å². The van der Waals surface area contributed by atoms with Gasteiger partial charge in [0.15, 0.2) is 0 Å². The van der Waals surface area contributed by atoms with Crippen LogP contribution in [0.3, 0.4) is 0 Å².